The summed E-state index contributed by atoms with van der Waals surface area (Å²) in [6.07, 6.45) is 0.246. The summed E-state index contributed by atoms with van der Waals surface area (Å²) in [4.78, 5) is 52.4. The number of amides is 4. The van der Waals surface area contributed by atoms with Gasteiger partial charge in [-0.2, -0.15) is 4.72 Å². The molecule has 0 saturated carbocycles. The van der Waals surface area contributed by atoms with E-state index in [0.29, 0.717) is 5.02 Å². The van der Waals surface area contributed by atoms with Crippen LogP contribution in [0.15, 0.2) is 29.2 Å². The summed E-state index contributed by atoms with van der Waals surface area (Å²) in [7, 11) is -3.90. The highest BCUT2D eigenvalue weighted by Crippen LogP contribution is 2.15. The van der Waals surface area contributed by atoms with E-state index >= 15 is 0 Å². The third-order valence-electron chi connectivity index (χ3n) is 5.22. The number of piperazine rings is 1. The zero-order valence-electron chi connectivity index (χ0n) is 16.9. The van der Waals surface area contributed by atoms with Crippen molar-refractivity contribution in [1.29, 1.82) is 0 Å². The Morgan fingerprint density at radius 3 is 2.06 bits per heavy atom. The second-order valence-corrected chi connectivity index (χ2v) is 9.53. The van der Waals surface area contributed by atoms with Gasteiger partial charge in [0.2, 0.25) is 33.7 Å². The second-order valence-electron chi connectivity index (χ2n) is 7.38. The fourth-order valence-corrected chi connectivity index (χ4v) is 4.77. The lowest BCUT2D eigenvalue weighted by Gasteiger charge is -2.36. The number of carbonyl (C=O) groups is 4. The van der Waals surface area contributed by atoms with E-state index in [9.17, 15) is 27.6 Å². The van der Waals surface area contributed by atoms with E-state index in [0.717, 1.165) is 4.90 Å². The first-order valence-corrected chi connectivity index (χ1v) is 11.6. The lowest BCUT2D eigenvalue weighted by molar-refractivity contribution is -0.147. The standard InChI is InChI=1S/C19H23ClN4O6S/c1-13(21-31(29,30)15-4-2-14(20)3-5-15)19(28)23-10-8-22(9-11-23)18(27)12-24-16(25)6-7-17(24)26/h2-5,13,21H,6-12H2,1H3/t13-/m0/s1. The molecule has 1 N–H and O–H groups in total. The highest BCUT2D eigenvalue weighted by molar-refractivity contribution is 7.89. The number of halogens is 1. The van der Waals surface area contributed by atoms with Crippen LogP contribution in [0.2, 0.25) is 5.02 Å². The van der Waals surface area contributed by atoms with Crippen molar-refractivity contribution >= 4 is 45.3 Å². The topological polar surface area (TPSA) is 124 Å². The molecular weight excluding hydrogens is 448 g/mol. The van der Waals surface area contributed by atoms with Gasteiger partial charge in [0.1, 0.15) is 6.54 Å². The molecule has 2 heterocycles. The molecule has 1 aromatic rings. The van der Waals surface area contributed by atoms with Gasteiger partial charge in [-0.1, -0.05) is 11.6 Å². The van der Waals surface area contributed by atoms with Crippen LogP contribution in [-0.2, 0) is 29.2 Å². The lowest BCUT2D eigenvalue weighted by Crippen LogP contribution is -2.56. The van der Waals surface area contributed by atoms with Crippen LogP contribution in [0.1, 0.15) is 19.8 Å². The van der Waals surface area contributed by atoms with E-state index in [1.165, 1.54) is 41.0 Å². The number of sulfonamides is 1. The summed E-state index contributed by atoms with van der Waals surface area (Å²) >= 11 is 5.78. The summed E-state index contributed by atoms with van der Waals surface area (Å²) in [5.74, 6) is -1.47. The van der Waals surface area contributed by atoms with Gasteiger partial charge in [-0.15, -0.1) is 0 Å². The molecular formula is C19H23ClN4O6S. The van der Waals surface area contributed by atoms with E-state index in [2.05, 4.69) is 4.72 Å². The maximum absolute atomic E-state index is 12.7. The third-order valence-corrected chi connectivity index (χ3v) is 7.03. The van der Waals surface area contributed by atoms with Gasteiger partial charge in [-0.25, -0.2) is 8.42 Å². The predicted molar refractivity (Wildman–Crippen MR) is 110 cm³/mol. The molecule has 1 aromatic carbocycles. The van der Waals surface area contributed by atoms with Gasteiger partial charge in [-0.3, -0.25) is 24.1 Å². The number of hydrogen-bond acceptors (Lipinski definition) is 6. The zero-order valence-corrected chi connectivity index (χ0v) is 18.5. The Bertz CT molecular complexity index is 973. The Morgan fingerprint density at radius 2 is 1.52 bits per heavy atom. The minimum atomic E-state index is -3.90. The fourth-order valence-electron chi connectivity index (χ4n) is 3.45. The Morgan fingerprint density at radius 1 is 1.00 bits per heavy atom. The van der Waals surface area contributed by atoms with Crippen LogP contribution in [0.25, 0.3) is 0 Å². The molecule has 168 valence electrons. The van der Waals surface area contributed by atoms with Crippen LogP contribution in [0, 0.1) is 0 Å². The molecule has 0 aliphatic carbocycles. The first-order valence-electron chi connectivity index (χ1n) is 9.76. The van der Waals surface area contributed by atoms with Crippen molar-refractivity contribution in [1.82, 2.24) is 19.4 Å². The van der Waals surface area contributed by atoms with Crippen LogP contribution in [0.3, 0.4) is 0 Å². The Labute approximate surface area is 185 Å². The summed E-state index contributed by atoms with van der Waals surface area (Å²) in [6, 6.07) is 4.59. The van der Waals surface area contributed by atoms with Crippen LogP contribution in [0.5, 0.6) is 0 Å². The van der Waals surface area contributed by atoms with E-state index in [4.69, 9.17) is 11.6 Å². The fraction of sp³-hybridized carbons (Fsp3) is 0.474. The van der Waals surface area contributed by atoms with Crippen LogP contribution < -0.4 is 4.72 Å². The van der Waals surface area contributed by atoms with Crippen LogP contribution in [0.4, 0.5) is 0 Å². The van der Waals surface area contributed by atoms with Crippen molar-refractivity contribution in [2.45, 2.75) is 30.7 Å². The minimum absolute atomic E-state index is 0.00188. The van der Waals surface area contributed by atoms with Gasteiger partial charge in [0.15, 0.2) is 0 Å². The molecule has 2 aliphatic heterocycles. The normalized spacial score (nSPS) is 18.5. The first kappa shape index (κ1) is 23.2. The summed E-state index contributed by atoms with van der Waals surface area (Å²) in [6.45, 7) is 2.08. The monoisotopic (exact) mass is 470 g/mol. The van der Waals surface area contributed by atoms with Crippen molar-refractivity contribution in [2.75, 3.05) is 32.7 Å². The predicted octanol–water partition coefficient (Wildman–Crippen LogP) is -0.173. The number of carbonyl (C=O) groups excluding carboxylic acids is 4. The minimum Gasteiger partial charge on any atom is -0.338 e. The molecule has 0 radical (unpaired) electrons. The molecule has 0 unspecified atom stereocenters. The molecule has 2 saturated heterocycles. The average Bonchev–Trinajstić information content (AvgIpc) is 3.05. The lowest BCUT2D eigenvalue weighted by atomic mass is 10.2. The summed E-state index contributed by atoms with van der Waals surface area (Å²) in [5.41, 5.74) is 0. The molecule has 2 fully saturated rings. The SMILES string of the molecule is C[C@H](NS(=O)(=O)c1ccc(Cl)cc1)C(=O)N1CCN(C(=O)CN2C(=O)CCC2=O)CC1. The molecule has 2 aliphatic rings. The Balaban J connectivity index is 1.52. The van der Waals surface area contributed by atoms with E-state index in [1.54, 1.807) is 0 Å². The molecule has 0 bridgehead atoms. The molecule has 31 heavy (non-hydrogen) atoms. The van der Waals surface area contributed by atoms with Gasteiger partial charge >= 0.3 is 0 Å². The van der Waals surface area contributed by atoms with Crippen LogP contribution in [-0.4, -0.2) is 85.5 Å². The highest BCUT2D eigenvalue weighted by atomic mass is 35.5. The van der Waals surface area contributed by atoms with Crippen molar-refractivity contribution in [3.8, 4) is 0 Å². The van der Waals surface area contributed by atoms with Crippen LogP contribution >= 0.6 is 11.6 Å². The Kier molecular flexibility index (Phi) is 6.97. The molecule has 4 amide bonds. The molecule has 12 heteroatoms. The van der Waals surface area contributed by atoms with Crippen molar-refractivity contribution < 1.29 is 27.6 Å². The third kappa shape index (κ3) is 5.41. The average molecular weight is 471 g/mol. The van der Waals surface area contributed by atoms with Gasteiger partial charge in [0.05, 0.1) is 10.9 Å². The quantitative estimate of drug-likeness (QED) is 0.575. The first-order chi connectivity index (χ1) is 14.6. The molecule has 10 nitrogen and oxygen atoms in total. The number of imide groups is 1. The molecule has 0 spiro atoms. The highest BCUT2D eigenvalue weighted by Gasteiger charge is 2.34. The summed E-state index contributed by atoms with van der Waals surface area (Å²) in [5, 5.41) is 0.397. The molecule has 0 aromatic heterocycles. The maximum Gasteiger partial charge on any atom is 0.242 e. The van der Waals surface area contributed by atoms with Gasteiger partial charge in [-0.05, 0) is 31.2 Å². The van der Waals surface area contributed by atoms with Crippen molar-refractivity contribution in [2.24, 2.45) is 0 Å². The number of benzene rings is 1. The van der Waals surface area contributed by atoms with Crippen molar-refractivity contribution in [3.63, 3.8) is 0 Å². The van der Waals surface area contributed by atoms with E-state index < -0.39 is 22.0 Å². The van der Waals surface area contributed by atoms with Gasteiger partial charge in [0, 0.05) is 44.0 Å². The number of hydrogen-bond donors (Lipinski definition) is 1. The zero-order chi connectivity index (χ0) is 22.8. The number of rotatable bonds is 6. The van der Waals surface area contributed by atoms with E-state index in [-0.39, 0.29) is 68.2 Å². The number of likely N-dealkylation sites (tertiary alicyclic amines) is 1. The molecule has 3 rings (SSSR count). The van der Waals surface area contributed by atoms with Crippen molar-refractivity contribution in [3.05, 3.63) is 29.3 Å². The Hall–Kier alpha value is -2.50. The largest absolute Gasteiger partial charge is 0.338 e. The van der Waals surface area contributed by atoms with E-state index in [1.807, 2.05) is 0 Å². The smallest absolute Gasteiger partial charge is 0.242 e. The van der Waals surface area contributed by atoms with Gasteiger partial charge in [0.25, 0.3) is 0 Å². The molecule has 1 atom stereocenters. The summed E-state index contributed by atoms with van der Waals surface area (Å²) < 4.78 is 27.3. The number of nitrogens with zero attached hydrogens (tertiary/aromatic N) is 3. The van der Waals surface area contributed by atoms with Gasteiger partial charge < -0.3 is 9.80 Å². The maximum atomic E-state index is 12.7. The second kappa shape index (κ2) is 9.33. The number of nitrogens with one attached hydrogen (secondary N) is 1.